The van der Waals surface area contributed by atoms with Gasteiger partial charge < -0.3 is 5.73 Å². The van der Waals surface area contributed by atoms with Gasteiger partial charge in [0.1, 0.15) is 0 Å². The second kappa shape index (κ2) is 5.83. The van der Waals surface area contributed by atoms with Gasteiger partial charge >= 0.3 is 0 Å². The smallest absolute Gasteiger partial charge is 0.00449 e. The van der Waals surface area contributed by atoms with E-state index in [0.29, 0.717) is 6.04 Å². The van der Waals surface area contributed by atoms with E-state index in [2.05, 4.69) is 19.1 Å². The first-order valence-electron chi connectivity index (χ1n) is 3.68. The van der Waals surface area contributed by atoms with Crippen LogP contribution in [-0.2, 0) is 0 Å². The van der Waals surface area contributed by atoms with E-state index in [1.807, 2.05) is 6.92 Å². The molecular formula is C8H17N. The van der Waals surface area contributed by atoms with Crippen LogP contribution in [0.3, 0.4) is 0 Å². The summed E-state index contributed by atoms with van der Waals surface area (Å²) in [6.45, 7) is 4.20. The molecule has 1 heteroatoms. The molecule has 0 fully saturated rings. The van der Waals surface area contributed by atoms with Crippen LogP contribution < -0.4 is 5.73 Å². The van der Waals surface area contributed by atoms with E-state index >= 15 is 0 Å². The van der Waals surface area contributed by atoms with Gasteiger partial charge in [0.2, 0.25) is 0 Å². The molecule has 9 heavy (non-hydrogen) atoms. The van der Waals surface area contributed by atoms with Crippen molar-refractivity contribution < 1.29 is 0 Å². The van der Waals surface area contributed by atoms with Crippen LogP contribution in [0.5, 0.6) is 0 Å². The van der Waals surface area contributed by atoms with Crippen molar-refractivity contribution in [2.75, 3.05) is 0 Å². The summed E-state index contributed by atoms with van der Waals surface area (Å²) < 4.78 is 0. The first-order valence-corrected chi connectivity index (χ1v) is 3.68. The summed E-state index contributed by atoms with van der Waals surface area (Å²) in [6.07, 6.45) is 7.79. The lowest BCUT2D eigenvalue weighted by Crippen LogP contribution is -2.12. The van der Waals surface area contributed by atoms with Crippen LogP contribution in [0.2, 0.25) is 0 Å². The van der Waals surface area contributed by atoms with Gasteiger partial charge in [0.05, 0.1) is 0 Å². The molecule has 1 atom stereocenters. The molecule has 0 saturated carbocycles. The molecule has 0 heterocycles. The third kappa shape index (κ3) is 7.70. The van der Waals surface area contributed by atoms with Gasteiger partial charge in [-0.15, -0.1) is 0 Å². The fraction of sp³-hybridized carbons (Fsp3) is 0.750. The minimum absolute atomic E-state index is 0.318. The minimum Gasteiger partial charge on any atom is -0.328 e. The highest BCUT2D eigenvalue weighted by Gasteiger charge is 1.85. The molecule has 0 radical (unpaired) electrons. The van der Waals surface area contributed by atoms with Crippen LogP contribution >= 0.6 is 0 Å². The van der Waals surface area contributed by atoms with Crippen LogP contribution in [0.15, 0.2) is 12.2 Å². The van der Waals surface area contributed by atoms with Crippen LogP contribution in [0.4, 0.5) is 0 Å². The highest BCUT2D eigenvalue weighted by atomic mass is 14.6. The Morgan fingerprint density at radius 1 is 1.44 bits per heavy atom. The Morgan fingerprint density at radius 3 is 2.56 bits per heavy atom. The van der Waals surface area contributed by atoms with Crippen LogP contribution in [-0.4, -0.2) is 6.04 Å². The van der Waals surface area contributed by atoms with E-state index in [0.717, 1.165) is 6.42 Å². The lowest BCUT2D eigenvalue weighted by Gasteiger charge is -1.96. The summed E-state index contributed by atoms with van der Waals surface area (Å²) in [5.41, 5.74) is 5.52. The normalized spacial score (nSPS) is 14.6. The molecule has 0 aliphatic heterocycles. The number of allylic oxidation sites excluding steroid dienone is 1. The maximum atomic E-state index is 5.52. The van der Waals surface area contributed by atoms with Crippen LogP contribution in [0.1, 0.15) is 33.1 Å². The molecule has 0 saturated heterocycles. The summed E-state index contributed by atoms with van der Waals surface area (Å²) >= 11 is 0. The van der Waals surface area contributed by atoms with E-state index in [9.17, 15) is 0 Å². The van der Waals surface area contributed by atoms with Crippen molar-refractivity contribution >= 4 is 0 Å². The third-order valence-corrected chi connectivity index (χ3v) is 1.13. The SMILES string of the molecule is CCC/C=C/C[C@@H](C)N. The average molecular weight is 127 g/mol. The zero-order valence-electron chi connectivity index (χ0n) is 6.43. The Morgan fingerprint density at radius 2 is 2.11 bits per heavy atom. The third-order valence-electron chi connectivity index (χ3n) is 1.13. The largest absolute Gasteiger partial charge is 0.328 e. The first-order chi connectivity index (χ1) is 4.27. The number of hydrogen-bond donors (Lipinski definition) is 1. The standard InChI is InChI=1S/C8H17N/c1-3-4-5-6-7-8(2)9/h5-6,8H,3-4,7,9H2,1-2H3/b6-5+/t8-/m1/s1. The molecule has 0 aromatic rings. The molecule has 0 aliphatic rings. The van der Waals surface area contributed by atoms with Crippen molar-refractivity contribution in [3.63, 3.8) is 0 Å². The van der Waals surface area contributed by atoms with Crippen molar-refractivity contribution in [1.29, 1.82) is 0 Å². The topological polar surface area (TPSA) is 26.0 Å². The molecular weight excluding hydrogens is 110 g/mol. The molecule has 2 N–H and O–H groups in total. The maximum absolute atomic E-state index is 5.52. The molecule has 0 amide bonds. The molecule has 0 aliphatic carbocycles. The predicted octanol–water partition coefficient (Wildman–Crippen LogP) is 2.08. The lowest BCUT2D eigenvalue weighted by atomic mass is 10.2. The fourth-order valence-electron chi connectivity index (χ4n) is 0.595. The molecule has 1 nitrogen and oxygen atoms in total. The minimum atomic E-state index is 0.318. The van der Waals surface area contributed by atoms with E-state index < -0.39 is 0 Å². The van der Waals surface area contributed by atoms with Crippen molar-refractivity contribution in [3.05, 3.63) is 12.2 Å². The highest BCUT2D eigenvalue weighted by Crippen LogP contribution is 1.92. The van der Waals surface area contributed by atoms with Gasteiger partial charge in [-0.3, -0.25) is 0 Å². The molecule has 0 rings (SSSR count). The van der Waals surface area contributed by atoms with Gasteiger partial charge in [0.15, 0.2) is 0 Å². The molecule has 54 valence electrons. The molecule has 0 spiro atoms. The maximum Gasteiger partial charge on any atom is 0.00449 e. The van der Waals surface area contributed by atoms with Gasteiger partial charge in [0.25, 0.3) is 0 Å². The number of unbranched alkanes of at least 4 members (excludes halogenated alkanes) is 1. The average Bonchev–Trinajstić information content (AvgIpc) is 1.80. The second-order valence-electron chi connectivity index (χ2n) is 2.47. The van der Waals surface area contributed by atoms with Gasteiger partial charge in [-0.1, -0.05) is 25.5 Å². The van der Waals surface area contributed by atoms with Gasteiger partial charge in [0, 0.05) is 6.04 Å². The van der Waals surface area contributed by atoms with E-state index in [4.69, 9.17) is 5.73 Å². The number of nitrogens with two attached hydrogens (primary N) is 1. The quantitative estimate of drug-likeness (QED) is 0.575. The Hall–Kier alpha value is -0.300. The van der Waals surface area contributed by atoms with Gasteiger partial charge in [-0.25, -0.2) is 0 Å². The molecule has 0 aromatic heterocycles. The van der Waals surface area contributed by atoms with E-state index in [-0.39, 0.29) is 0 Å². The van der Waals surface area contributed by atoms with Gasteiger partial charge in [-0.05, 0) is 19.8 Å². The fourth-order valence-corrected chi connectivity index (χ4v) is 0.595. The Labute approximate surface area is 57.9 Å². The summed E-state index contributed by atoms with van der Waals surface area (Å²) in [5, 5.41) is 0. The molecule has 0 bridgehead atoms. The number of rotatable bonds is 4. The van der Waals surface area contributed by atoms with Crippen molar-refractivity contribution in [1.82, 2.24) is 0 Å². The zero-order chi connectivity index (χ0) is 7.11. The van der Waals surface area contributed by atoms with Crippen LogP contribution in [0.25, 0.3) is 0 Å². The summed E-state index contributed by atoms with van der Waals surface area (Å²) in [4.78, 5) is 0. The Bertz CT molecular complexity index is 74.6. The monoisotopic (exact) mass is 127 g/mol. The number of hydrogen-bond acceptors (Lipinski definition) is 1. The van der Waals surface area contributed by atoms with Crippen LogP contribution in [0, 0.1) is 0 Å². The highest BCUT2D eigenvalue weighted by molar-refractivity contribution is 4.83. The predicted molar refractivity (Wildman–Crippen MR) is 42.3 cm³/mol. The van der Waals surface area contributed by atoms with E-state index in [1.165, 1.54) is 12.8 Å². The van der Waals surface area contributed by atoms with Gasteiger partial charge in [-0.2, -0.15) is 0 Å². The summed E-state index contributed by atoms with van der Waals surface area (Å²) in [7, 11) is 0. The zero-order valence-corrected chi connectivity index (χ0v) is 6.43. The Balaban J connectivity index is 3.04. The van der Waals surface area contributed by atoms with E-state index in [1.54, 1.807) is 0 Å². The molecule has 0 aromatic carbocycles. The lowest BCUT2D eigenvalue weighted by molar-refractivity contribution is 0.754. The molecule has 0 unspecified atom stereocenters. The summed E-state index contributed by atoms with van der Waals surface area (Å²) in [6, 6.07) is 0.318. The van der Waals surface area contributed by atoms with Crippen molar-refractivity contribution in [2.24, 2.45) is 5.73 Å². The summed E-state index contributed by atoms with van der Waals surface area (Å²) in [5.74, 6) is 0. The Kier molecular flexibility index (Phi) is 5.64. The van der Waals surface area contributed by atoms with Crippen molar-refractivity contribution in [2.45, 2.75) is 39.2 Å². The first kappa shape index (κ1) is 8.70. The second-order valence-corrected chi connectivity index (χ2v) is 2.47. The van der Waals surface area contributed by atoms with Crippen molar-refractivity contribution in [3.8, 4) is 0 Å².